The molecule has 1 aromatic carbocycles. The largest absolute Gasteiger partial charge is 0.494 e. The van der Waals surface area contributed by atoms with Gasteiger partial charge in [-0.1, -0.05) is 17.4 Å². The maximum Gasteiger partial charge on any atom is 0.490 e. The lowest BCUT2D eigenvalue weighted by molar-refractivity contribution is -0.192. The van der Waals surface area contributed by atoms with Crippen molar-refractivity contribution in [2.75, 3.05) is 12.4 Å². The summed E-state index contributed by atoms with van der Waals surface area (Å²) in [6.07, 6.45) is -1.92. The first-order valence-electron chi connectivity index (χ1n) is 7.59. The van der Waals surface area contributed by atoms with Gasteiger partial charge in [0.1, 0.15) is 11.3 Å². The maximum atomic E-state index is 12.1. The van der Waals surface area contributed by atoms with Crippen LogP contribution in [0.2, 0.25) is 0 Å². The highest BCUT2D eigenvalue weighted by Gasteiger charge is 2.38. The number of aliphatic carboxylic acids is 1. The van der Waals surface area contributed by atoms with Crippen molar-refractivity contribution < 1.29 is 32.6 Å². The lowest BCUT2D eigenvalue weighted by Crippen LogP contribution is -2.21. The Kier molecular flexibility index (Phi) is 6.52. The fraction of sp³-hybridized carbons (Fsp3) is 0.176. The van der Waals surface area contributed by atoms with E-state index in [0.29, 0.717) is 16.4 Å². The number of ether oxygens (including phenoxy) is 1. The summed E-state index contributed by atoms with van der Waals surface area (Å²) in [4.78, 5) is 29.4. The molecule has 3 aromatic rings. The van der Waals surface area contributed by atoms with Crippen molar-refractivity contribution in [2.45, 2.75) is 13.1 Å². The Morgan fingerprint density at radius 2 is 1.79 bits per heavy atom. The van der Waals surface area contributed by atoms with Crippen molar-refractivity contribution in [3.8, 4) is 5.75 Å². The Labute approximate surface area is 160 Å². The number of aryl methyl sites for hydroxylation is 1. The number of aromatic nitrogens is 2. The molecule has 0 bridgehead atoms. The van der Waals surface area contributed by atoms with Crippen molar-refractivity contribution in [3.05, 3.63) is 47.8 Å². The van der Waals surface area contributed by atoms with Crippen LogP contribution in [0.15, 0.2) is 36.7 Å². The number of carbonyl (C=O) groups is 2. The van der Waals surface area contributed by atoms with E-state index in [2.05, 4.69) is 15.3 Å². The number of fused-ring (bicyclic) bond motifs is 1. The second-order valence-corrected chi connectivity index (χ2v) is 6.27. The van der Waals surface area contributed by atoms with Crippen LogP contribution in [0.4, 0.5) is 18.3 Å². The third-order valence-corrected chi connectivity index (χ3v) is 4.43. The van der Waals surface area contributed by atoms with Crippen molar-refractivity contribution >= 4 is 38.6 Å². The summed E-state index contributed by atoms with van der Waals surface area (Å²) >= 11 is 1.44. The van der Waals surface area contributed by atoms with Gasteiger partial charge in [-0.15, -0.1) is 0 Å². The highest BCUT2D eigenvalue weighted by Crippen LogP contribution is 2.34. The van der Waals surface area contributed by atoms with E-state index >= 15 is 0 Å². The Bertz CT molecular complexity index is 990. The highest BCUT2D eigenvalue weighted by atomic mass is 32.1. The number of thiazole rings is 1. The minimum atomic E-state index is -5.08. The third-order valence-electron chi connectivity index (χ3n) is 3.33. The number of nitrogens with one attached hydrogen (secondary N) is 1. The number of carboxylic acid groups (broad SMARTS) is 1. The van der Waals surface area contributed by atoms with Crippen LogP contribution in [-0.2, 0) is 4.79 Å². The van der Waals surface area contributed by atoms with E-state index in [1.54, 1.807) is 31.6 Å². The minimum absolute atomic E-state index is 0.201. The molecular formula is C17H14F3N3O4S. The number of halogens is 3. The molecule has 2 aromatic heterocycles. The SMILES string of the molecule is COc1ccc(C)c2sc(NC(=O)c3ccncc3)nc12.O=C(O)C(F)(F)F. The molecule has 0 aliphatic carbocycles. The summed E-state index contributed by atoms with van der Waals surface area (Å²) in [5.74, 6) is -2.25. The van der Waals surface area contributed by atoms with Crippen LogP contribution < -0.4 is 10.1 Å². The molecule has 148 valence electrons. The fourth-order valence-electron chi connectivity index (χ4n) is 2.00. The van der Waals surface area contributed by atoms with E-state index in [-0.39, 0.29) is 5.91 Å². The van der Waals surface area contributed by atoms with Gasteiger partial charge in [0, 0.05) is 18.0 Å². The normalized spacial score (nSPS) is 10.8. The van der Waals surface area contributed by atoms with Gasteiger partial charge in [0.25, 0.3) is 5.91 Å². The molecule has 0 saturated carbocycles. The lowest BCUT2D eigenvalue weighted by atomic mass is 10.2. The molecule has 0 unspecified atom stereocenters. The van der Waals surface area contributed by atoms with E-state index in [1.807, 2.05) is 19.1 Å². The van der Waals surface area contributed by atoms with Crippen molar-refractivity contribution in [2.24, 2.45) is 0 Å². The molecule has 28 heavy (non-hydrogen) atoms. The summed E-state index contributed by atoms with van der Waals surface area (Å²) < 4.78 is 38.1. The Balaban J connectivity index is 0.000000345. The second kappa shape index (κ2) is 8.65. The summed E-state index contributed by atoms with van der Waals surface area (Å²) in [5.41, 5.74) is 2.42. The van der Waals surface area contributed by atoms with Gasteiger partial charge in [-0.25, -0.2) is 9.78 Å². The molecule has 7 nitrogen and oxygen atoms in total. The third kappa shape index (κ3) is 5.16. The van der Waals surface area contributed by atoms with E-state index in [1.165, 1.54) is 11.3 Å². The topological polar surface area (TPSA) is 101 Å². The van der Waals surface area contributed by atoms with Gasteiger partial charge in [0.2, 0.25) is 0 Å². The summed E-state index contributed by atoms with van der Waals surface area (Å²) in [5, 5.41) is 10.5. The number of carbonyl (C=O) groups excluding carboxylic acids is 1. The Morgan fingerprint density at radius 1 is 1.18 bits per heavy atom. The predicted octanol–water partition coefficient (Wildman–Crippen LogP) is 3.89. The van der Waals surface area contributed by atoms with Crippen molar-refractivity contribution in [1.29, 1.82) is 0 Å². The molecule has 11 heteroatoms. The molecule has 0 aliphatic rings. The molecule has 0 fully saturated rings. The molecule has 0 radical (unpaired) electrons. The van der Waals surface area contributed by atoms with E-state index in [4.69, 9.17) is 14.6 Å². The number of nitrogens with zero attached hydrogens (tertiary/aromatic N) is 2. The van der Waals surface area contributed by atoms with Crippen LogP contribution >= 0.6 is 11.3 Å². The number of benzene rings is 1. The van der Waals surface area contributed by atoms with E-state index < -0.39 is 12.1 Å². The highest BCUT2D eigenvalue weighted by molar-refractivity contribution is 7.22. The molecular weight excluding hydrogens is 399 g/mol. The molecule has 0 spiro atoms. The van der Waals surface area contributed by atoms with Gasteiger partial charge < -0.3 is 9.84 Å². The number of hydrogen-bond acceptors (Lipinski definition) is 6. The van der Waals surface area contributed by atoms with Gasteiger partial charge >= 0.3 is 12.1 Å². The number of anilines is 1. The average Bonchev–Trinajstić information content (AvgIpc) is 3.07. The Hall–Kier alpha value is -3.21. The van der Waals surface area contributed by atoms with Gasteiger partial charge in [0.15, 0.2) is 5.13 Å². The fourth-order valence-corrected chi connectivity index (χ4v) is 2.95. The standard InChI is InChI=1S/C15H13N3O2S.C2HF3O2/c1-9-3-4-11(20-2)12-13(9)21-15(17-12)18-14(19)10-5-7-16-8-6-10;3-2(4,5)1(6)7/h3-8H,1-2H3,(H,17,18,19);(H,6,7). The van der Waals surface area contributed by atoms with Crippen LogP contribution in [0.3, 0.4) is 0 Å². The zero-order valence-electron chi connectivity index (χ0n) is 14.6. The number of amides is 1. The molecule has 2 heterocycles. The number of alkyl halides is 3. The van der Waals surface area contributed by atoms with Gasteiger partial charge in [-0.05, 0) is 30.7 Å². The minimum Gasteiger partial charge on any atom is -0.494 e. The van der Waals surface area contributed by atoms with Crippen LogP contribution in [0.25, 0.3) is 10.2 Å². The summed E-state index contributed by atoms with van der Waals surface area (Å²) in [6, 6.07) is 7.18. The van der Waals surface area contributed by atoms with Crippen LogP contribution in [0.1, 0.15) is 15.9 Å². The summed E-state index contributed by atoms with van der Waals surface area (Å²) in [7, 11) is 1.61. The molecule has 0 saturated heterocycles. The Morgan fingerprint density at radius 3 is 2.32 bits per heavy atom. The van der Waals surface area contributed by atoms with Crippen LogP contribution in [0, 0.1) is 6.92 Å². The zero-order chi connectivity index (χ0) is 20.9. The molecule has 2 N–H and O–H groups in total. The molecule has 0 atom stereocenters. The monoisotopic (exact) mass is 413 g/mol. The molecule has 0 aliphatic heterocycles. The van der Waals surface area contributed by atoms with Gasteiger partial charge in [0.05, 0.1) is 11.8 Å². The zero-order valence-corrected chi connectivity index (χ0v) is 15.4. The van der Waals surface area contributed by atoms with Gasteiger partial charge in [-0.2, -0.15) is 13.2 Å². The number of carboxylic acids is 1. The predicted molar refractivity (Wildman–Crippen MR) is 96.8 cm³/mol. The number of rotatable bonds is 3. The maximum absolute atomic E-state index is 12.1. The number of pyridine rings is 1. The molecule has 1 amide bonds. The number of methoxy groups -OCH3 is 1. The van der Waals surface area contributed by atoms with Crippen molar-refractivity contribution in [1.82, 2.24) is 9.97 Å². The van der Waals surface area contributed by atoms with Gasteiger partial charge in [-0.3, -0.25) is 15.1 Å². The summed E-state index contributed by atoms with van der Waals surface area (Å²) in [6.45, 7) is 2.01. The average molecular weight is 413 g/mol. The second-order valence-electron chi connectivity index (χ2n) is 5.27. The first-order valence-corrected chi connectivity index (χ1v) is 8.40. The lowest BCUT2D eigenvalue weighted by Gasteiger charge is -2.01. The first-order chi connectivity index (χ1) is 13.1. The smallest absolute Gasteiger partial charge is 0.490 e. The first kappa shape index (κ1) is 21.1. The van der Waals surface area contributed by atoms with Crippen molar-refractivity contribution in [3.63, 3.8) is 0 Å². The van der Waals surface area contributed by atoms with Crippen LogP contribution in [0.5, 0.6) is 5.75 Å². The quantitative estimate of drug-likeness (QED) is 0.676. The number of hydrogen-bond donors (Lipinski definition) is 2. The van der Waals surface area contributed by atoms with Crippen LogP contribution in [-0.4, -0.2) is 40.2 Å². The van der Waals surface area contributed by atoms with E-state index in [9.17, 15) is 18.0 Å². The van der Waals surface area contributed by atoms with E-state index in [0.717, 1.165) is 15.8 Å². The molecule has 3 rings (SSSR count).